The van der Waals surface area contributed by atoms with Crippen molar-refractivity contribution in [3.8, 4) is 0 Å². The summed E-state index contributed by atoms with van der Waals surface area (Å²) in [5.41, 5.74) is -0.380. The van der Waals surface area contributed by atoms with Crippen LogP contribution in [0.1, 0.15) is 50.3 Å². The third kappa shape index (κ3) is 3.33. The lowest BCUT2D eigenvalue weighted by molar-refractivity contribution is 0.0161. The highest BCUT2D eigenvalue weighted by Gasteiger charge is 2.29. The van der Waals surface area contributed by atoms with Gasteiger partial charge in [-0.1, -0.05) is 25.8 Å². The van der Waals surface area contributed by atoms with Gasteiger partial charge in [-0.15, -0.1) is 11.3 Å². The van der Waals surface area contributed by atoms with Gasteiger partial charge in [0.15, 0.2) is 0 Å². The van der Waals surface area contributed by atoms with Crippen LogP contribution in [0.25, 0.3) is 0 Å². The molecule has 0 radical (unpaired) electrons. The van der Waals surface area contributed by atoms with Crippen molar-refractivity contribution >= 4 is 11.3 Å². The minimum Gasteiger partial charge on any atom is -0.390 e. The lowest BCUT2D eigenvalue weighted by atomic mass is 9.89. The van der Waals surface area contributed by atoms with E-state index in [-0.39, 0.29) is 5.60 Å². The van der Waals surface area contributed by atoms with E-state index in [0.717, 1.165) is 31.6 Å². The third-order valence-corrected chi connectivity index (χ3v) is 4.79. The molecule has 0 amide bonds. The highest BCUT2D eigenvalue weighted by atomic mass is 32.1. The monoisotopic (exact) mass is 238 g/mol. The molecule has 0 aliphatic heterocycles. The van der Waals surface area contributed by atoms with E-state index >= 15 is 0 Å². The Kier molecular flexibility index (Phi) is 4.04. The molecule has 1 N–H and O–H groups in total. The van der Waals surface area contributed by atoms with Gasteiger partial charge in [0.2, 0.25) is 0 Å². The Morgan fingerprint density at radius 2 is 2.31 bits per heavy atom. The Bertz CT molecular complexity index is 307. The molecule has 1 saturated carbocycles. The van der Waals surface area contributed by atoms with E-state index in [9.17, 15) is 5.11 Å². The van der Waals surface area contributed by atoms with Gasteiger partial charge in [-0.05, 0) is 49.5 Å². The van der Waals surface area contributed by atoms with E-state index < -0.39 is 0 Å². The molecule has 1 aliphatic rings. The normalized spacial score (nSPS) is 31.2. The van der Waals surface area contributed by atoms with E-state index in [4.69, 9.17) is 0 Å². The van der Waals surface area contributed by atoms with Crippen molar-refractivity contribution < 1.29 is 5.11 Å². The fourth-order valence-electron chi connectivity index (χ4n) is 2.62. The Labute approximate surface area is 103 Å². The zero-order valence-electron chi connectivity index (χ0n) is 10.1. The summed E-state index contributed by atoms with van der Waals surface area (Å²) in [5, 5.41) is 12.7. The first-order chi connectivity index (χ1) is 7.68. The van der Waals surface area contributed by atoms with Crippen LogP contribution in [0, 0.1) is 5.92 Å². The van der Waals surface area contributed by atoms with Crippen LogP contribution in [0.5, 0.6) is 0 Å². The van der Waals surface area contributed by atoms with E-state index in [1.807, 2.05) is 0 Å². The summed E-state index contributed by atoms with van der Waals surface area (Å²) < 4.78 is 0. The molecular formula is C14H22OS. The summed E-state index contributed by atoms with van der Waals surface area (Å²) in [7, 11) is 0. The molecule has 0 aromatic carbocycles. The molecule has 0 bridgehead atoms. The van der Waals surface area contributed by atoms with Crippen molar-refractivity contribution in [1.82, 2.24) is 0 Å². The molecular weight excluding hydrogens is 216 g/mol. The van der Waals surface area contributed by atoms with Gasteiger partial charge in [-0.25, -0.2) is 0 Å². The van der Waals surface area contributed by atoms with Gasteiger partial charge in [0.25, 0.3) is 0 Å². The van der Waals surface area contributed by atoms with Gasteiger partial charge < -0.3 is 5.11 Å². The van der Waals surface area contributed by atoms with Crippen LogP contribution in [-0.4, -0.2) is 10.7 Å². The van der Waals surface area contributed by atoms with Crippen LogP contribution in [0.15, 0.2) is 17.5 Å². The van der Waals surface area contributed by atoms with Gasteiger partial charge in [-0.2, -0.15) is 0 Å². The second-order valence-electron chi connectivity index (χ2n) is 5.34. The van der Waals surface area contributed by atoms with Crippen molar-refractivity contribution in [2.45, 2.75) is 57.5 Å². The number of thiophene rings is 1. The van der Waals surface area contributed by atoms with E-state index in [1.165, 1.54) is 24.1 Å². The number of hydrogen-bond acceptors (Lipinski definition) is 2. The lowest BCUT2D eigenvalue weighted by Gasteiger charge is -2.26. The Hall–Kier alpha value is -0.340. The average Bonchev–Trinajstić information content (AvgIpc) is 2.71. The van der Waals surface area contributed by atoms with E-state index in [1.54, 1.807) is 11.3 Å². The molecule has 1 fully saturated rings. The van der Waals surface area contributed by atoms with Crippen molar-refractivity contribution in [3.63, 3.8) is 0 Å². The van der Waals surface area contributed by atoms with Gasteiger partial charge in [0.1, 0.15) is 0 Å². The molecule has 90 valence electrons. The van der Waals surface area contributed by atoms with Gasteiger partial charge in [-0.3, -0.25) is 0 Å². The molecule has 1 aromatic rings. The Morgan fingerprint density at radius 1 is 1.44 bits per heavy atom. The van der Waals surface area contributed by atoms with E-state index in [2.05, 4.69) is 24.4 Å². The minimum atomic E-state index is -0.380. The molecule has 1 aliphatic carbocycles. The molecule has 2 atom stereocenters. The van der Waals surface area contributed by atoms with Gasteiger partial charge in [0.05, 0.1) is 5.60 Å². The fraction of sp³-hybridized carbons (Fsp3) is 0.714. The largest absolute Gasteiger partial charge is 0.390 e. The number of rotatable bonds is 3. The molecule has 1 heterocycles. The predicted molar refractivity (Wildman–Crippen MR) is 69.8 cm³/mol. The summed E-state index contributed by atoms with van der Waals surface area (Å²) in [4.78, 5) is 1.41. The maximum absolute atomic E-state index is 10.6. The standard InChI is InChI=1S/C14H22OS/c1-12-4-2-8-14(15,9-6-12)10-7-13-5-3-11-16-13/h3,5,11-12,15H,2,4,6-10H2,1H3. The highest BCUT2D eigenvalue weighted by Crippen LogP contribution is 2.33. The van der Waals surface area contributed by atoms with Gasteiger partial charge in [0, 0.05) is 4.88 Å². The Balaban J connectivity index is 1.87. The molecule has 2 rings (SSSR count). The average molecular weight is 238 g/mol. The summed E-state index contributed by atoms with van der Waals surface area (Å²) in [5.74, 6) is 0.802. The van der Waals surface area contributed by atoms with Crippen molar-refractivity contribution in [2.75, 3.05) is 0 Å². The Morgan fingerprint density at radius 3 is 3.06 bits per heavy atom. The van der Waals surface area contributed by atoms with Gasteiger partial charge >= 0.3 is 0 Å². The number of hydrogen-bond donors (Lipinski definition) is 1. The maximum Gasteiger partial charge on any atom is 0.0651 e. The first-order valence-electron chi connectivity index (χ1n) is 6.43. The zero-order chi connectivity index (χ0) is 11.4. The molecule has 16 heavy (non-hydrogen) atoms. The third-order valence-electron chi connectivity index (χ3n) is 3.86. The van der Waals surface area contributed by atoms with Crippen LogP contribution < -0.4 is 0 Å². The second-order valence-corrected chi connectivity index (χ2v) is 6.37. The molecule has 0 spiro atoms. The zero-order valence-corrected chi connectivity index (χ0v) is 10.9. The molecule has 2 unspecified atom stereocenters. The SMILES string of the molecule is CC1CCCC(O)(CCc2cccs2)CC1. The summed E-state index contributed by atoms with van der Waals surface area (Å²) in [6.45, 7) is 2.31. The lowest BCUT2D eigenvalue weighted by Crippen LogP contribution is -2.28. The summed E-state index contributed by atoms with van der Waals surface area (Å²) in [6, 6.07) is 4.27. The van der Waals surface area contributed by atoms with Crippen LogP contribution in [-0.2, 0) is 6.42 Å². The second kappa shape index (κ2) is 5.33. The van der Waals surface area contributed by atoms with Crippen molar-refractivity contribution in [2.24, 2.45) is 5.92 Å². The van der Waals surface area contributed by atoms with Crippen LogP contribution in [0.2, 0.25) is 0 Å². The van der Waals surface area contributed by atoms with Crippen LogP contribution in [0.3, 0.4) is 0 Å². The molecule has 1 aromatic heterocycles. The minimum absolute atomic E-state index is 0.380. The van der Waals surface area contributed by atoms with Crippen molar-refractivity contribution in [3.05, 3.63) is 22.4 Å². The summed E-state index contributed by atoms with van der Waals surface area (Å²) in [6.07, 6.45) is 7.68. The smallest absolute Gasteiger partial charge is 0.0651 e. The quantitative estimate of drug-likeness (QED) is 0.789. The highest BCUT2D eigenvalue weighted by molar-refractivity contribution is 7.09. The molecule has 0 saturated heterocycles. The fourth-order valence-corrected chi connectivity index (χ4v) is 3.33. The van der Waals surface area contributed by atoms with E-state index in [0.29, 0.717) is 0 Å². The number of aliphatic hydroxyl groups is 1. The maximum atomic E-state index is 10.6. The first kappa shape index (κ1) is 12.1. The number of aryl methyl sites for hydroxylation is 1. The van der Waals surface area contributed by atoms with Crippen LogP contribution in [0.4, 0.5) is 0 Å². The topological polar surface area (TPSA) is 20.2 Å². The summed E-state index contributed by atoms with van der Waals surface area (Å²) >= 11 is 1.80. The molecule has 2 heteroatoms. The molecule has 1 nitrogen and oxygen atoms in total. The van der Waals surface area contributed by atoms with Crippen molar-refractivity contribution in [1.29, 1.82) is 0 Å². The van der Waals surface area contributed by atoms with Crippen LogP contribution >= 0.6 is 11.3 Å². The predicted octanol–water partition coefficient (Wildman–Crippen LogP) is 4.01. The first-order valence-corrected chi connectivity index (χ1v) is 7.31.